The van der Waals surface area contributed by atoms with Gasteiger partial charge < -0.3 is 14.5 Å². The van der Waals surface area contributed by atoms with Crippen molar-refractivity contribution >= 4 is 27.7 Å². The zero-order valence-corrected chi connectivity index (χ0v) is 26.6. The standard InChI is InChI=1S/C21H18NO.C13H24O2.Pt/c1-21(2,3)14-11-12-22-18(13-14)17-9-6-8-16-15-7-4-5-10-19(15)23-20(16)17;1-5-10(6-2)12(14)9-13(15)11(7-3)8-4;/h4-8,10-13H,1-3H3;9-11,14H,5-8H2,1-4H3;/q-1;;/b;12-9-;. The van der Waals surface area contributed by atoms with E-state index in [0.29, 0.717) is 0 Å². The fourth-order valence-corrected chi connectivity index (χ4v) is 4.69. The Hall–Kier alpha value is -2.71. The molecule has 0 spiro atoms. The first-order valence-electron chi connectivity index (χ1n) is 13.9. The topological polar surface area (TPSA) is 63.3 Å². The van der Waals surface area contributed by atoms with E-state index in [1.165, 1.54) is 11.6 Å². The number of aliphatic hydroxyl groups excluding tert-OH is 1. The summed E-state index contributed by atoms with van der Waals surface area (Å²) < 4.78 is 6.09. The smallest absolute Gasteiger partial charge is 0.162 e. The van der Waals surface area contributed by atoms with Crippen molar-refractivity contribution in [2.75, 3.05) is 0 Å². The molecule has 0 atom stereocenters. The molecule has 2 aromatic heterocycles. The molecule has 0 aliphatic carbocycles. The van der Waals surface area contributed by atoms with Gasteiger partial charge in [-0.1, -0.05) is 83.7 Å². The van der Waals surface area contributed by atoms with Crippen LogP contribution in [0.2, 0.25) is 0 Å². The van der Waals surface area contributed by atoms with E-state index >= 15 is 0 Å². The Kier molecular flexibility index (Phi) is 12.2. The number of benzene rings is 2. The van der Waals surface area contributed by atoms with Gasteiger partial charge in [0, 0.05) is 50.6 Å². The van der Waals surface area contributed by atoms with Crippen LogP contribution in [-0.4, -0.2) is 15.9 Å². The van der Waals surface area contributed by atoms with E-state index in [1.807, 2.05) is 58.2 Å². The van der Waals surface area contributed by atoms with Crippen LogP contribution in [0.1, 0.15) is 79.7 Å². The molecule has 212 valence electrons. The Balaban J connectivity index is 0.000000294. The third kappa shape index (κ3) is 7.91. The number of carbonyl (C=O) groups is 1. The number of aromatic nitrogens is 1. The molecule has 39 heavy (non-hydrogen) atoms. The first kappa shape index (κ1) is 32.5. The first-order valence-corrected chi connectivity index (χ1v) is 13.9. The van der Waals surface area contributed by atoms with E-state index in [-0.39, 0.29) is 49.9 Å². The number of fused-ring (bicyclic) bond motifs is 3. The molecule has 2 aromatic carbocycles. The Labute approximate surface area is 248 Å². The molecular formula is C34H42NO3Pt-. The van der Waals surface area contributed by atoms with Crippen LogP contribution in [0.3, 0.4) is 0 Å². The minimum absolute atomic E-state index is 0. The Morgan fingerprint density at radius 3 is 2.23 bits per heavy atom. The number of aliphatic hydroxyl groups is 1. The van der Waals surface area contributed by atoms with Crippen molar-refractivity contribution in [2.45, 2.75) is 79.6 Å². The van der Waals surface area contributed by atoms with Crippen LogP contribution in [0.15, 0.2) is 71.0 Å². The fourth-order valence-electron chi connectivity index (χ4n) is 4.69. The summed E-state index contributed by atoms with van der Waals surface area (Å²) in [6, 6.07) is 19.6. The SMILES string of the molecule is CC(C)(C)c1ccnc(-c2[c-]ccc3c2oc2ccccc23)c1.CCC(CC)C(=O)/C=C(\O)C(CC)CC.[Pt]. The van der Waals surface area contributed by atoms with Crippen LogP contribution in [0.5, 0.6) is 0 Å². The number of para-hydroxylation sites is 1. The number of nitrogens with zero attached hydrogens (tertiary/aromatic N) is 1. The second-order valence-corrected chi connectivity index (χ2v) is 10.9. The summed E-state index contributed by atoms with van der Waals surface area (Å²) in [4.78, 5) is 16.3. The average molecular weight is 708 g/mol. The Morgan fingerprint density at radius 1 is 0.974 bits per heavy atom. The molecule has 0 saturated carbocycles. The fraction of sp³-hybridized carbons (Fsp3) is 0.412. The molecule has 0 fully saturated rings. The van der Waals surface area contributed by atoms with Crippen molar-refractivity contribution in [1.82, 2.24) is 4.98 Å². The monoisotopic (exact) mass is 707 g/mol. The summed E-state index contributed by atoms with van der Waals surface area (Å²) in [7, 11) is 0. The summed E-state index contributed by atoms with van der Waals surface area (Å²) in [5.41, 5.74) is 4.91. The van der Waals surface area contributed by atoms with Gasteiger partial charge in [0.05, 0.1) is 11.3 Å². The minimum Gasteiger partial charge on any atom is -0.512 e. The van der Waals surface area contributed by atoms with Crippen LogP contribution in [0.25, 0.3) is 33.2 Å². The van der Waals surface area contributed by atoms with Crippen molar-refractivity contribution in [3.8, 4) is 11.3 Å². The molecule has 4 nitrogen and oxygen atoms in total. The molecule has 2 heterocycles. The number of pyridine rings is 1. The van der Waals surface area contributed by atoms with Crippen molar-refractivity contribution in [1.29, 1.82) is 0 Å². The maximum atomic E-state index is 11.7. The molecule has 5 heteroatoms. The van der Waals surface area contributed by atoms with Crippen molar-refractivity contribution < 1.29 is 35.4 Å². The van der Waals surface area contributed by atoms with Gasteiger partial charge in [0.2, 0.25) is 0 Å². The maximum absolute atomic E-state index is 11.7. The van der Waals surface area contributed by atoms with E-state index in [9.17, 15) is 9.90 Å². The molecule has 1 N–H and O–H groups in total. The average Bonchev–Trinajstić information content (AvgIpc) is 3.29. The number of rotatable bonds is 8. The van der Waals surface area contributed by atoms with Crippen LogP contribution < -0.4 is 0 Å². The molecule has 0 saturated heterocycles. The van der Waals surface area contributed by atoms with E-state index in [1.54, 1.807) is 0 Å². The largest absolute Gasteiger partial charge is 0.512 e. The van der Waals surface area contributed by atoms with Gasteiger partial charge in [-0.05, 0) is 54.5 Å². The molecule has 0 amide bonds. The van der Waals surface area contributed by atoms with Gasteiger partial charge in [0.25, 0.3) is 0 Å². The number of allylic oxidation sites excluding steroid dienone is 2. The molecule has 0 aliphatic heterocycles. The van der Waals surface area contributed by atoms with Crippen LogP contribution in [-0.2, 0) is 31.3 Å². The third-order valence-corrected chi connectivity index (χ3v) is 7.30. The van der Waals surface area contributed by atoms with E-state index in [0.717, 1.165) is 58.9 Å². The van der Waals surface area contributed by atoms with Gasteiger partial charge in [-0.25, -0.2) is 0 Å². The number of ketones is 1. The summed E-state index contributed by atoms with van der Waals surface area (Å²) in [5.74, 6) is 0.547. The summed E-state index contributed by atoms with van der Waals surface area (Å²) in [6.45, 7) is 14.7. The predicted molar refractivity (Wildman–Crippen MR) is 158 cm³/mol. The number of hydrogen-bond acceptors (Lipinski definition) is 4. The molecule has 0 radical (unpaired) electrons. The predicted octanol–water partition coefficient (Wildman–Crippen LogP) is 9.61. The van der Waals surface area contributed by atoms with Crippen molar-refractivity contribution in [2.24, 2.45) is 11.8 Å². The van der Waals surface area contributed by atoms with Crippen LogP contribution in [0.4, 0.5) is 0 Å². The first-order chi connectivity index (χ1) is 18.1. The molecule has 0 bridgehead atoms. The van der Waals surface area contributed by atoms with Crippen LogP contribution >= 0.6 is 0 Å². The Bertz CT molecular complexity index is 1390. The van der Waals surface area contributed by atoms with Gasteiger partial charge in [0.1, 0.15) is 5.58 Å². The number of hydrogen-bond donors (Lipinski definition) is 1. The van der Waals surface area contributed by atoms with Crippen molar-refractivity contribution in [3.05, 3.63) is 78.2 Å². The normalized spacial score (nSPS) is 12.0. The zero-order valence-electron chi connectivity index (χ0n) is 24.3. The minimum atomic E-state index is 0. The van der Waals surface area contributed by atoms with Crippen LogP contribution in [0, 0.1) is 17.9 Å². The summed E-state index contributed by atoms with van der Waals surface area (Å²) >= 11 is 0. The van der Waals surface area contributed by atoms with Gasteiger partial charge >= 0.3 is 0 Å². The zero-order chi connectivity index (χ0) is 27.9. The Morgan fingerprint density at radius 2 is 1.62 bits per heavy atom. The maximum Gasteiger partial charge on any atom is 0.162 e. The van der Waals surface area contributed by atoms with Gasteiger partial charge in [-0.2, -0.15) is 0 Å². The second kappa shape index (κ2) is 14.6. The summed E-state index contributed by atoms with van der Waals surface area (Å²) in [6.07, 6.45) is 6.77. The molecule has 4 aromatic rings. The summed E-state index contributed by atoms with van der Waals surface area (Å²) in [5, 5.41) is 12.0. The molecular weight excluding hydrogens is 665 g/mol. The quantitative estimate of drug-likeness (QED) is 0.113. The molecule has 4 rings (SSSR count). The molecule has 0 unspecified atom stereocenters. The second-order valence-electron chi connectivity index (χ2n) is 10.9. The van der Waals surface area contributed by atoms with E-state index in [2.05, 4.69) is 56.1 Å². The van der Waals surface area contributed by atoms with Crippen molar-refractivity contribution in [3.63, 3.8) is 0 Å². The molecule has 0 aliphatic rings. The van der Waals surface area contributed by atoms with Gasteiger partial charge in [-0.15, -0.1) is 18.2 Å². The van der Waals surface area contributed by atoms with E-state index in [4.69, 9.17) is 4.42 Å². The number of carbonyl (C=O) groups excluding carboxylic acids is 1. The van der Waals surface area contributed by atoms with E-state index < -0.39 is 0 Å². The third-order valence-electron chi connectivity index (χ3n) is 7.30. The van der Waals surface area contributed by atoms with Gasteiger partial charge in [0.15, 0.2) is 5.78 Å². The number of furan rings is 1. The van der Waals surface area contributed by atoms with Gasteiger partial charge in [-0.3, -0.25) is 4.79 Å².